The lowest BCUT2D eigenvalue weighted by molar-refractivity contribution is -0.137. The molecule has 94 valence electrons. The number of benzene rings is 1. The molecule has 0 saturated carbocycles. The van der Waals surface area contributed by atoms with Crippen LogP contribution in [-0.4, -0.2) is 18.8 Å². The van der Waals surface area contributed by atoms with Crippen molar-refractivity contribution < 1.29 is 22.7 Å². The summed E-state index contributed by atoms with van der Waals surface area (Å²) in [6.07, 6.45) is -4.58. The van der Waals surface area contributed by atoms with Gasteiger partial charge < -0.3 is 4.74 Å². The van der Waals surface area contributed by atoms with Gasteiger partial charge >= 0.3 is 6.18 Å². The summed E-state index contributed by atoms with van der Waals surface area (Å²) in [5, 5.41) is -0.175. The van der Waals surface area contributed by atoms with Crippen LogP contribution >= 0.6 is 23.2 Å². The number of carbonyl (C=O) groups is 1. The van der Waals surface area contributed by atoms with Crippen LogP contribution in [0, 0.1) is 0 Å². The Balaban J connectivity index is 3.44. The van der Waals surface area contributed by atoms with Crippen LogP contribution in [0.1, 0.15) is 15.9 Å². The van der Waals surface area contributed by atoms with Crippen molar-refractivity contribution in [2.24, 2.45) is 0 Å². The van der Waals surface area contributed by atoms with E-state index < -0.39 is 23.4 Å². The van der Waals surface area contributed by atoms with Gasteiger partial charge in [0.15, 0.2) is 5.78 Å². The highest BCUT2D eigenvalue weighted by molar-refractivity contribution is 6.38. The fourth-order valence-electron chi connectivity index (χ4n) is 1.18. The molecule has 0 aliphatic heterocycles. The fourth-order valence-corrected chi connectivity index (χ4v) is 1.62. The number of ether oxygens (including phenoxy) is 1. The lowest BCUT2D eigenvalue weighted by atomic mass is 10.1. The maximum absolute atomic E-state index is 12.5. The first kappa shape index (κ1) is 14.1. The van der Waals surface area contributed by atoms with Gasteiger partial charge in [-0.1, -0.05) is 11.6 Å². The standard InChI is InChI=1S/C10H7Cl2F3O2/c1-17-8-3-5(10(13,14)15)2-6(9(8)12)7(16)4-11/h2-3H,4H2,1H3. The summed E-state index contributed by atoms with van der Waals surface area (Å²) in [5.41, 5.74) is -1.31. The van der Waals surface area contributed by atoms with Gasteiger partial charge in [0.2, 0.25) is 0 Å². The van der Waals surface area contributed by atoms with E-state index in [0.29, 0.717) is 6.07 Å². The average Bonchev–Trinajstić information content (AvgIpc) is 2.26. The number of ketones is 1. The summed E-state index contributed by atoms with van der Waals surface area (Å²) < 4.78 is 42.3. The molecule has 2 nitrogen and oxygen atoms in total. The van der Waals surface area contributed by atoms with E-state index in [0.717, 1.165) is 13.2 Å². The Morgan fingerprint density at radius 1 is 1.41 bits per heavy atom. The van der Waals surface area contributed by atoms with E-state index in [-0.39, 0.29) is 16.3 Å². The highest BCUT2D eigenvalue weighted by Gasteiger charge is 2.33. The van der Waals surface area contributed by atoms with Crippen LogP contribution in [0.2, 0.25) is 5.02 Å². The van der Waals surface area contributed by atoms with Crippen molar-refractivity contribution in [3.8, 4) is 5.75 Å². The lowest BCUT2D eigenvalue weighted by Crippen LogP contribution is -2.10. The average molecular weight is 287 g/mol. The summed E-state index contributed by atoms with van der Waals surface area (Å²) in [6, 6.07) is 1.39. The van der Waals surface area contributed by atoms with Gasteiger partial charge in [-0.3, -0.25) is 4.79 Å². The van der Waals surface area contributed by atoms with Crippen LogP contribution in [0.5, 0.6) is 5.75 Å². The number of carbonyl (C=O) groups excluding carboxylic acids is 1. The molecular formula is C10H7Cl2F3O2. The van der Waals surface area contributed by atoms with Gasteiger partial charge in [-0.25, -0.2) is 0 Å². The predicted molar refractivity (Wildman–Crippen MR) is 58.1 cm³/mol. The van der Waals surface area contributed by atoms with Crippen molar-refractivity contribution in [1.29, 1.82) is 0 Å². The molecule has 0 aliphatic rings. The molecule has 0 unspecified atom stereocenters. The second kappa shape index (κ2) is 5.14. The SMILES string of the molecule is COc1cc(C(F)(F)F)cc(C(=O)CCl)c1Cl. The van der Waals surface area contributed by atoms with Gasteiger partial charge in [-0.2, -0.15) is 13.2 Å². The number of halogens is 5. The third-order valence-electron chi connectivity index (χ3n) is 2.01. The summed E-state index contributed by atoms with van der Waals surface area (Å²) in [5.74, 6) is -1.36. The first-order chi connectivity index (χ1) is 7.81. The molecule has 0 atom stereocenters. The maximum atomic E-state index is 12.5. The number of methoxy groups -OCH3 is 1. The topological polar surface area (TPSA) is 26.3 Å². The summed E-state index contributed by atoms with van der Waals surface area (Å²) in [6.45, 7) is 0. The van der Waals surface area contributed by atoms with E-state index in [9.17, 15) is 18.0 Å². The van der Waals surface area contributed by atoms with E-state index >= 15 is 0 Å². The third kappa shape index (κ3) is 3.04. The van der Waals surface area contributed by atoms with Gasteiger partial charge in [0.1, 0.15) is 5.75 Å². The largest absolute Gasteiger partial charge is 0.495 e. The molecule has 0 N–H and O–H groups in total. The minimum atomic E-state index is -4.58. The van der Waals surface area contributed by atoms with E-state index in [1.807, 2.05) is 0 Å². The molecule has 7 heteroatoms. The Labute approximate surface area is 105 Å². The molecular weight excluding hydrogens is 280 g/mol. The molecule has 0 radical (unpaired) electrons. The number of alkyl halides is 4. The normalized spacial score (nSPS) is 11.4. The van der Waals surface area contributed by atoms with Crippen LogP contribution in [0.25, 0.3) is 0 Å². The number of hydrogen-bond acceptors (Lipinski definition) is 2. The molecule has 1 aromatic carbocycles. The Kier molecular flexibility index (Phi) is 4.27. The fraction of sp³-hybridized carbons (Fsp3) is 0.300. The smallest absolute Gasteiger partial charge is 0.416 e. The molecule has 1 aromatic rings. The van der Waals surface area contributed by atoms with Crippen molar-refractivity contribution in [3.05, 3.63) is 28.3 Å². The molecule has 0 saturated heterocycles. The van der Waals surface area contributed by atoms with E-state index in [4.69, 9.17) is 23.2 Å². The summed E-state index contributed by atoms with van der Waals surface area (Å²) in [4.78, 5) is 11.3. The first-order valence-corrected chi connectivity index (χ1v) is 5.26. The zero-order valence-electron chi connectivity index (χ0n) is 8.57. The van der Waals surface area contributed by atoms with Gasteiger partial charge in [-0.05, 0) is 12.1 Å². The monoisotopic (exact) mass is 286 g/mol. The van der Waals surface area contributed by atoms with Gasteiger partial charge in [0.25, 0.3) is 0 Å². The lowest BCUT2D eigenvalue weighted by Gasteiger charge is -2.12. The van der Waals surface area contributed by atoms with Crippen molar-refractivity contribution >= 4 is 29.0 Å². The van der Waals surface area contributed by atoms with Crippen molar-refractivity contribution in [2.75, 3.05) is 13.0 Å². The summed E-state index contributed by atoms with van der Waals surface area (Å²) in [7, 11) is 1.16. The van der Waals surface area contributed by atoms with Crippen LogP contribution in [0.3, 0.4) is 0 Å². The Bertz CT molecular complexity index is 444. The van der Waals surface area contributed by atoms with Gasteiger partial charge in [0.05, 0.1) is 23.6 Å². The van der Waals surface area contributed by atoms with E-state index in [2.05, 4.69) is 4.74 Å². The third-order valence-corrected chi connectivity index (χ3v) is 2.64. The predicted octanol–water partition coefficient (Wildman–Crippen LogP) is 3.79. The second-order valence-electron chi connectivity index (χ2n) is 3.09. The van der Waals surface area contributed by atoms with Gasteiger partial charge in [0, 0.05) is 5.56 Å². The van der Waals surface area contributed by atoms with Crippen LogP contribution < -0.4 is 4.74 Å². The zero-order chi connectivity index (χ0) is 13.2. The maximum Gasteiger partial charge on any atom is 0.416 e. The molecule has 0 aliphatic carbocycles. The molecule has 17 heavy (non-hydrogen) atoms. The highest BCUT2D eigenvalue weighted by atomic mass is 35.5. The molecule has 0 heterocycles. The Hall–Kier alpha value is -0.940. The number of hydrogen-bond donors (Lipinski definition) is 0. The Morgan fingerprint density at radius 2 is 2.00 bits per heavy atom. The molecule has 0 bridgehead atoms. The van der Waals surface area contributed by atoms with Crippen molar-refractivity contribution in [2.45, 2.75) is 6.18 Å². The second-order valence-corrected chi connectivity index (χ2v) is 3.74. The number of Topliss-reactive ketones (excluding diaryl/α,β-unsaturated/α-hetero) is 1. The molecule has 0 amide bonds. The van der Waals surface area contributed by atoms with Crippen LogP contribution in [0.15, 0.2) is 12.1 Å². The molecule has 1 rings (SSSR count). The Morgan fingerprint density at radius 3 is 2.41 bits per heavy atom. The zero-order valence-corrected chi connectivity index (χ0v) is 10.1. The first-order valence-electron chi connectivity index (χ1n) is 4.35. The minimum Gasteiger partial charge on any atom is -0.495 e. The molecule has 0 fully saturated rings. The van der Waals surface area contributed by atoms with Gasteiger partial charge in [-0.15, -0.1) is 11.6 Å². The molecule has 0 spiro atoms. The van der Waals surface area contributed by atoms with Crippen molar-refractivity contribution in [3.63, 3.8) is 0 Å². The van der Waals surface area contributed by atoms with Crippen LogP contribution in [0.4, 0.5) is 13.2 Å². The minimum absolute atomic E-state index is 0.175. The molecule has 0 aromatic heterocycles. The van der Waals surface area contributed by atoms with E-state index in [1.165, 1.54) is 0 Å². The summed E-state index contributed by atoms with van der Waals surface area (Å²) >= 11 is 11.0. The quantitative estimate of drug-likeness (QED) is 0.624. The van der Waals surface area contributed by atoms with E-state index in [1.54, 1.807) is 0 Å². The van der Waals surface area contributed by atoms with Crippen LogP contribution in [-0.2, 0) is 6.18 Å². The number of rotatable bonds is 3. The van der Waals surface area contributed by atoms with Crippen molar-refractivity contribution in [1.82, 2.24) is 0 Å². The highest BCUT2D eigenvalue weighted by Crippen LogP contribution is 2.37.